The van der Waals surface area contributed by atoms with Crippen LogP contribution in [0.1, 0.15) is 43.0 Å². The maximum atomic E-state index is 11.2. The largest absolute Gasteiger partial charge is 0.478 e. The molecule has 0 amide bonds. The standard InChI is InChI=1S/C14H18N2O2/c1-8(2)9(3)16-10(4)15-13-11(14(17)18)6-5-7-12(13)16/h5-9H,1-4H3,(H,17,18). The highest BCUT2D eigenvalue weighted by molar-refractivity contribution is 6.01. The number of para-hydroxylation sites is 1. The third-order valence-corrected chi connectivity index (χ3v) is 3.50. The summed E-state index contributed by atoms with van der Waals surface area (Å²) in [6.07, 6.45) is 0. The first-order valence-corrected chi connectivity index (χ1v) is 6.14. The highest BCUT2D eigenvalue weighted by atomic mass is 16.4. The SMILES string of the molecule is Cc1nc2c(C(=O)O)cccc2n1C(C)C(C)C. The van der Waals surface area contributed by atoms with Gasteiger partial charge in [-0.2, -0.15) is 0 Å². The lowest BCUT2D eigenvalue weighted by molar-refractivity contribution is 0.0699. The number of aromatic carboxylic acids is 1. The van der Waals surface area contributed by atoms with Crippen LogP contribution < -0.4 is 0 Å². The van der Waals surface area contributed by atoms with Crippen LogP contribution in [0.5, 0.6) is 0 Å². The monoisotopic (exact) mass is 246 g/mol. The molecule has 1 aromatic carbocycles. The van der Waals surface area contributed by atoms with Gasteiger partial charge in [0.25, 0.3) is 0 Å². The summed E-state index contributed by atoms with van der Waals surface area (Å²) in [7, 11) is 0. The van der Waals surface area contributed by atoms with Crippen LogP contribution in [0.3, 0.4) is 0 Å². The van der Waals surface area contributed by atoms with Crippen LogP contribution in [-0.2, 0) is 0 Å². The fourth-order valence-electron chi connectivity index (χ4n) is 2.22. The molecule has 2 rings (SSSR count). The van der Waals surface area contributed by atoms with Crippen LogP contribution in [0.15, 0.2) is 18.2 Å². The van der Waals surface area contributed by atoms with Crippen LogP contribution in [0.25, 0.3) is 11.0 Å². The molecule has 1 aromatic heterocycles. The van der Waals surface area contributed by atoms with E-state index < -0.39 is 5.97 Å². The Morgan fingerprint density at radius 3 is 2.56 bits per heavy atom. The molecule has 0 aliphatic rings. The van der Waals surface area contributed by atoms with E-state index in [0.29, 0.717) is 17.5 Å². The Labute approximate surface area is 106 Å². The molecule has 0 saturated carbocycles. The Hall–Kier alpha value is -1.84. The maximum absolute atomic E-state index is 11.2. The van der Waals surface area contributed by atoms with Crippen molar-refractivity contribution in [2.45, 2.75) is 33.7 Å². The predicted molar refractivity (Wildman–Crippen MR) is 71.0 cm³/mol. The summed E-state index contributed by atoms with van der Waals surface area (Å²) >= 11 is 0. The van der Waals surface area contributed by atoms with Gasteiger partial charge in [-0.1, -0.05) is 19.9 Å². The molecule has 2 aromatic rings. The minimum Gasteiger partial charge on any atom is -0.478 e. The van der Waals surface area contributed by atoms with Crippen molar-refractivity contribution in [2.75, 3.05) is 0 Å². The number of fused-ring (bicyclic) bond motifs is 1. The van der Waals surface area contributed by atoms with Gasteiger partial charge in [0.2, 0.25) is 0 Å². The van der Waals surface area contributed by atoms with Gasteiger partial charge in [0.15, 0.2) is 0 Å². The van der Waals surface area contributed by atoms with Gasteiger partial charge < -0.3 is 9.67 Å². The lowest BCUT2D eigenvalue weighted by atomic mass is 10.1. The van der Waals surface area contributed by atoms with E-state index in [1.165, 1.54) is 0 Å². The van der Waals surface area contributed by atoms with E-state index in [1.54, 1.807) is 12.1 Å². The topological polar surface area (TPSA) is 55.1 Å². The smallest absolute Gasteiger partial charge is 0.337 e. The molecule has 1 heterocycles. The summed E-state index contributed by atoms with van der Waals surface area (Å²) < 4.78 is 2.12. The van der Waals surface area contributed by atoms with Gasteiger partial charge >= 0.3 is 5.97 Å². The number of nitrogens with zero attached hydrogens (tertiary/aromatic N) is 2. The average Bonchev–Trinajstić information content (AvgIpc) is 2.63. The van der Waals surface area contributed by atoms with Crippen molar-refractivity contribution < 1.29 is 9.90 Å². The maximum Gasteiger partial charge on any atom is 0.337 e. The number of benzene rings is 1. The van der Waals surface area contributed by atoms with E-state index in [2.05, 4.69) is 30.3 Å². The zero-order valence-corrected chi connectivity index (χ0v) is 11.1. The Morgan fingerprint density at radius 2 is 2.00 bits per heavy atom. The van der Waals surface area contributed by atoms with Crippen LogP contribution in [0.2, 0.25) is 0 Å². The number of carboxylic acids is 1. The second-order valence-electron chi connectivity index (χ2n) is 4.99. The molecule has 0 radical (unpaired) electrons. The molecule has 18 heavy (non-hydrogen) atoms. The minimum atomic E-state index is -0.928. The highest BCUT2D eigenvalue weighted by Gasteiger charge is 2.19. The van der Waals surface area contributed by atoms with Gasteiger partial charge in [-0.25, -0.2) is 9.78 Å². The first-order chi connectivity index (χ1) is 8.43. The van der Waals surface area contributed by atoms with E-state index in [1.807, 2.05) is 13.0 Å². The minimum absolute atomic E-state index is 0.269. The second kappa shape index (κ2) is 4.44. The van der Waals surface area contributed by atoms with Crippen molar-refractivity contribution in [3.8, 4) is 0 Å². The Kier molecular flexibility index (Phi) is 3.11. The number of hydrogen-bond acceptors (Lipinski definition) is 2. The van der Waals surface area contributed by atoms with Crippen molar-refractivity contribution in [2.24, 2.45) is 5.92 Å². The number of imidazole rings is 1. The normalized spacial score (nSPS) is 13.2. The zero-order valence-electron chi connectivity index (χ0n) is 11.1. The number of aryl methyl sites for hydroxylation is 1. The number of carbonyl (C=O) groups is 1. The Bertz CT molecular complexity index is 599. The van der Waals surface area contributed by atoms with E-state index in [9.17, 15) is 9.90 Å². The molecular weight excluding hydrogens is 228 g/mol. The van der Waals surface area contributed by atoms with Gasteiger partial charge in [-0.15, -0.1) is 0 Å². The molecule has 0 aliphatic carbocycles. The van der Waals surface area contributed by atoms with Crippen LogP contribution in [0.4, 0.5) is 0 Å². The summed E-state index contributed by atoms with van der Waals surface area (Å²) in [5.74, 6) is 0.400. The lowest BCUT2D eigenvalue weighted by Crippen LogP contribution is -2.12. The number of aromatic nitrogens is 2. The molecule has 0 fully saturated rings. The van der Waals surface area contributed by atoms with E-state index in [0.717, 1.165) is 11.3 Å². The van der Waals surface area contributed by atoms with E-state index in [4.69, 9.17) is 0 Å². The summed E-state index contributed by atoms with van der Waals surface area (Å²) in [5, 5.41) is 9.18. The van der Waals surface area contributed by atoms with Gasteiger partial charge in [-0.05, 0) is 31.9 Å². The zero-order chi connectivity index (χ0) is 13.4. The molecule has 1 unspecified atom stereocenters. The fourth-order valence-corrected chi connectivity index (χ4v) is 2.22. The average molecular weight is 246 g/mol. The van der Waals surface area contributed by atoms with E-state index >= 15 is 0 Å². The van der Waals surface area contributed by atoms with E-state index in [-0.39, 0.29) is 5.56 Å². The lowest BCUT2D eigenvalue weighted by Gasteiger charge is -2.20. The molecule has 0 aliphatic heterocycles. The Morgan fingerprint density at radius 1 is 1.33 bits per heavy atom. The van der Waals surface area contributed by atoms with Gasteiger partial charge in [0.1, 0.15) is 11.3 Å². The summed E-state index contributed by atoms with van der Waals surface area (Å²) in [6.45, 7) is 8.35. The first kappa shape index (κ1) is 12.6. The quantitative estimate of drug-likeness (QED) is 0.904. The molecular formula is C14H18N2O2. The molecule has 0 spiro atoms. The van der Waals surface area contributed by atoms with Crippen LogP contribution in [-0.4, -0.2) is 20.6 Å². The van der Waals surface area contributed by atoms with Gasteiger partial charge in [0, 0.05) is 6.04 Å². The van der Waals surface area contributed by atoms with Crippen molar-refractivity contribution in [3.63, 3.8) is 0 Å². The molecule has 1 N–H and O–H groups in total. The molecule has 0 saturated heterocycles. The number of rotatable bonds is 3. The number of hydrogen-bond donors (Lipinski definition) is 1. The summed E-state index contributed by atoms with van der Waals surface area (Å²) in [5.41, 5.74) is 1.74. The third kappa shape index (κ3) is 1.88. The van der Waals surface area contributed by atoms with Crippen molar-refractivity contribution in [3.05, 3.63) is 29.6 Å². The molecule has 4 heteroatoms. The Balaban J connectivity index is 2.73. The molecule has 4 nitrogen and oxygen atoms in total. The van der Waals surface area contributed by atoms with Crippen LogP contribution in [0, 0.1) is 12.8 Å². The van der Waals surface area contributed by atoms with Gasteiger partial charge in [0.05, 0.1) is 11.1 Å². The molecule has 1 atom stereocenters. The summed E-state index contributed by atoms with van der Waals surface area (Å²) in [4.78, 5) is 15.6. The fraction of sp³-hybridized carbons (Fsp3) is 0.429. The van der Waals surface area contributed by atoms with Crippen molar-refractivity contribution >= 4 is 17.0 Å². The van der Waals surface area contributed by atoms with Gasteiger partial charge in [-0.3, -0.25) is 0 Å². The highest BCUT2D eigenvalue weighted by Crippen LogP contribution is 2.27. The summed E-state index contributed by atoms with van der Waals surface area (Å²) in [6, 6.07) is 5.59. The molecule has 0 bridgehead atoms. The van der Waals surface area contributed by atoms with Crippen molar-refractivity contribution in [1.82, 2.24) is 9.55 Å². The number of carboxylic acid groups (broad SMARTS) is 1. The van der Waals surface area contributed by atoms with Crippen molar-refractivity contribution in [1.29, 1.82) is 0 Å². The van der Waals surface area contributed by atoms with Crippen LogP contribution >= 0.6 is 0 Å². The third-order valence-electron chi connectivity index (χ3n) is 3.50. The molecule has 96 valence electrons. The second-order valence-corrected chi connectivity index (χ2v) is 4.99. The first-order valence-electron chi connectivity index (χ1n) is 6.14. The predicted octanol–water partition coefficient (Wildman–Crippen LogP) is 3.26.